The molecule has 2 aromatic rings. The molecule has 0 bridgehead atoms. The molecule has 2 aromatic carbocycles. The molecule has 20 heavy (non-hydrogen) atoms. The molecular formula is C16H15FN2O. The van der Waals surface area contributed by atoms with Gasteiger partial charge in [0.1, 0.15) is 5.75 Å². The molecule has 3 nitrogen and oxygen atoms in total. The van der Waals surface area contributed by atoms with Crippen LogP contribution in [0.1, 0.15) is 24.1 Å². The lowest BCUT2D eigenvalue weighted by Crippen LogP contribution is -2.13. The van der Waals surface area contributed by atoms with Gasteiger partial charge in [-0.3, -0.25) is 0 Å². The summed E-state index contributed by atoms with van der Waals surface area (Å²) in [5.41, 5.74) is 1.21. The van der Waals surface area contributed by atoms with E-state index in [1.54, 1.807) is 37.4 Å². The van der Waals surface area contributed by atoms with Gasteiger partial charge >= 0.3 is 0 Å². The van der Waals surface area contributed by atoms with Crippen molar-refractivity contribution < 1.29 is 9.13 Å². The summed E-state index contributed by atoms with van der Waals surface area (Å²) in [5, 5.41) is 11.9. The maximum Gasteiger partial charge on any atom is 0.167 e. The fourth-order valence-corrected chi connectivity index (χ4v) is 1.88. The van der Waals surface area contributed by atoms with Crippen molar-refractivity contribution in [3.8, 4) is 17.6 Å². The summed E-state index contributed by atoms with van der Waals surface area (Å²) in [6.07, 6.45) is 0. The van der Waals surface area contributed by atoms with Gasteiger partial charge in [0.25, 0.3) is 0 Å². The number of hydrogen-bond acceptors (Lipinski definition) is 3. The van der Waals surface area contributed by atoms with E-state index in [0.29, 0.717) is 11.3 Å². The fourth-order valence-electron chi connectivity index (χ4n) is 1.88. The molecule has 0 saturated heterocycles. The summed E-state index contributed by atoms with van der Waals surface area (Å²) in [5.74, 6) is 0.204. The third-order valence-corrected chi connectivity index (χ3v) is 3.08. The van der Waals surface area contributed by atoms with Gasteiger partial charge in [0.2, 0.25) is 0 Å². The zero-order valence-corrected chi connectivity index (χ0v) is 11.4. The lowest BCUT2D eigenvalue weighted by molar-refractivity contribution is 0.428. The first-order chi connectivity index (χ1) is 9.65. The largest absolute Gasteiger partial charge is 0.454 e. The second-order valence-corrected chi connectivity index (χ2v) is 4.41. The Morgan fingerprint density at radius 3 is 2.70 bits per heavy atom. The summed E-state index contributed by atoms with van der Waals surface area (Å²) < 4.78 is 19.6. The molecule has 4 heteroatoms. The van der Waals surface area contributed by atoms with Gasteiger partial charge in [0.15, 0.2) is 11.6 Å². The Balaban J connectivity index is 2.40. The summed E-state index contributed by atoms with van der Waals surface area (Å²) in [6, 6.07) is 13.5. The van der Waals surface area contributed by atoms with Crippen LogP contribution in [-0.2, 0) is 0 Å². The fraction of sp³-hybridized carbons (Fsp3) is 0.188. The standard InChI is InChI=1S/C16H15FN2O/c1-11(19-2)14-7-4-8-15(17)16(14)20-13-6-3-5-12(9-13)10-18/h3-9,11,19H,1-2H3. The Morgan fingerprint density at radius 2 is 2.00 bits per heavy atom. The minimum absolute atomic E-state index is 0.0418. The van der Waals surface area contributed by atoms with Crippen LogP contribution in [0, 0.1) is 17.1 Å². The molecule has 0 aliphatic carbocycles. The molecule has 0 saturated carbocycles. The van der Waals surface area contributed by atoms with Gasteiger partial charge in [-0.1, -0.05) is 18.2 Å². The van der Waals surface area contributed by atoms with Crippen LogP contribution < -0.4 is 10.1 Å². The molecular weight excluding hydrogens is 255 g/mol. The summed E-state index contributed by atoms with van der Waals surface area (Å²) in [4.78, 5) is 0. The van der Waals surface area contributed by atoms with Gasteiger partial charge in [0, 0.05) is 11.6 Å². The van der Waals surface area contributed by atoms with Gasteiger partial charge in [-0.25, -0.2) is 4.39 Å². The minimum Gasteiger partial charge on any atom is -0.454 e. The summed E-state index contributed by atoms with van der Waals surface area (Å²) >= 11 is 0. The van der Waals surface area contributed by atoms with Crippen LogP contribution in [0.25, 0.3) is 0 Å². The first-order valence-corrected chi connectivity index (χ1v) is 6.29. The number of para-hydroxylation sites is 1. The predicted molar refractivity (Wildman–Crippen MR) is 75.1 cm³/mol. The van der Waals surface area contributed by atoms with Crippen LogP contribution in [0.15, 0.2) is 42.5 Å². The molecule has 1 N–H and O–H groups in total. The highest BCUT2D eigenvalue weighted by atomic mass is 19.1. The average Bonchev–Trinajstić information content (AvgIpc) is 2.48. The van der Waals surface area contributed by atoms with E-state index in [1.807, 2.05) is 19.1 Å². The van der Waals surface area contributed by atoms with E-state index >= 15 is 0 Å². The maximum atomic E-state index is 14.0. The van der Waals surface area contributed by atoms with Crippen molar-refractivity contribution in [2.45, 2.75) is 13.0 Å². The van der Waals surface area contributed by atoms with Crippen LogP contribution in [0.4, 0.5) is 4.39 Å². The number of nitrogens with zero attached hydrogens (tertiary/aromatic N) is 1. The Bertz CT molecular complexity index is 649. The van der Waals surface area contributed by atoms with Gasteiger partial charge in [-0.05, 0) is 38.2 Å². The van der Waals surface area contributed by atoms with Crippen LogP contribution in [0.3, 0.4) is 0 Å². The van der Waals surface area contributed by atoms with E-state index in [4.69, 9.17) is 10.00 Å². The van der Waals surface area contributed by atoms with Crippen molar-refractivity contribution >= 4 is 0 Å². The Labute approximate surface area is 117 Å². The van der Waals surface area contributed by atoms with Crippen molar-refractivity contribution in [2.24, 2.45) is 0 Å². The molecule has 0 aromatic heterocycles. The lowest BCUT2D eigenvalue weighted by atomic mass is 10.1. The molecule has 102 valence electrons. The average molecular weight is 270 g/mol. The number of benzene rings is 2. The molecule has 0 heterocycles. The topological polar surface area (TPSA) is 45.0 Å². The molecule has 0 aliphatic rings. The molecule has 0 radical (unpaired) electrons. The summed E-state index contributed by atoms with van der Waals surface area (Å²) in [6.45, 7) is 1.92. The monoisotopic (exact) mass is 270 g/mol. The van der Waals surface area contributed by atoms with E-state index in [9.17, 15) is 4.39 Å². The predicted octanol–water partition coefficient (Wildman–Crippen LogP) is 3.77. The highest BCUT2D eigenvalue weighted by molar-refractivity contribution is 5.43. The highest BCUT2D eigenvalue weighted by Crippen LogP contribution is 2.32. The van der Waals surface area contributed by atoms with Crippen LogP contribution in [-0.4, -0.2) is 7.05 Å². The van der Waals surface area contributed by atoms with Crippen molar-refractivity contribution in [3.63, 3.8) is 0 Å². The third kappa shape index (κ3) is 2.95. The normalized spacial score (nSPS) is 11.7. The SMILES string of the molecule is CNC(C)c1cccc(F)c1Oc1cccc(C#N)c1. The van der Waals surface area contributed by atoms with Crippen molar-refractivity contribution in [1.29, 1.82) is 5.26 Å². The van der Waals surface area contributed by atoms with E-state index < -0.39 is 5.82 Å². The molecule has 1 atom stereocenters. The molecule has 1 unspecified atom stereocenters. The van der Waals surface area contributed by atoms with Crippen molar-refractivity contribution in [2.75, 3.05) is 7.05 Å². The molecule has 0 aliphatic heterocycles. The van der Waals surface area contributed by atoms with Crippen molar-refractivity contribution in [3.05, 3.63) is 59.4 Å². The highest BCUT2D eigenvalue weighted by Gasteiger charge is 2.15. The van der Waals surface area contributed by atoms with Gasteiger partial charge in [-0.2, -0.15) is 5.26 Å². The second-order valence-electron chi connectivity index (χ2n) is 4.41. The number of rotatable bonds is 4. The molecule has 0 fully saturated rings. The lowest BCUT2D eigenvalue weighted by Gasteiger charge is -2.17. The Hall–Kier alpha value is -2.38. The van der Waals surface area contributed by atoms with Crippen LogP contribution >= 0.6 is 0 Å². The van der Waals surface area contributed by atoms with Gasteiger partial charge < -0.3 is 10.1 Å². The van der Waals surface area contributed by atoms with E-state index in [2.05, 4.69) is 5.32 Å². The maximum absolute atomic E-state index is 14.0. The zero-order valence-electron chi connectivity index (χ0n) is 11.4. The molecule has 0 spiro atoms. The molecule has 2 rings (SSSR count). The molecule has 0 amide bonds. The zero-order chi connectivity index (χ0) is 14.5. The van der Waals surface area contributed by atoms with Crippen LogP contribution in [0.2, 0.25) is 0 Å². The van der Waals surface area contributed by atoms with Gasteiger partial charge in [-0.15, -0.1) is 0 Å². The van der Waals surface area contributed by atoms with E-state index in [-0.39, 0.29) is 11.8 Å². The third-order valence-electron chi connectivity index (χ3n) is 3.08. The number of nitrogens with one attached hydrogen (secondary N) is 1. The van der Waals surface area contributed by atoms with E-state index in [1.165, 1.54) is 6.07 Å². The Morgan fingerprint density at radius 1 is 1.25 bits per heavy atom. The van der Waals surface area contributed by atoms with Crippen molar-refractivity contribution in [1.82, 2.24) is 5.32 Å². The number of hydrogen-bond donors (Lipinski definition) is 1. The second kappa shape index (κ2) is 6.18. The summed E-state index contributed by atoms with van der Waals surface area (Å²) in [7, 11) is 1.80. The number of ether oxygens (including phenoxy) is 1. The smallest absolute Gasteiger partial charge is 0.167 e. The van der Waals surface area contributed by atoms with Gasteiger partial charge in [0.05, 0.1) is 11.6 Å². The quantitative estimate of drug-likeness (QED) is 0.919. The van der Waals surface area contributed by atoms with E-state index in [0.717, 1.165) is 5.56 Å². The minimum atomic E-state index is -0.424. The Kier molecular flexibility index (Phi) is 4.34. The number of nitriles is 1. The first-order valence-electron chi connectivity index (χ1n) is 6.29. The first kappa shape index (κ1) is 14.0. The number of halogens is 1. The van der Waals surface area contributed by atoms with Crippen LogP contribution in [0.5, 0.6) is 11.5 Å².